The number of ether oxygens (including phenoxy) is 3. The monoisotopic (exact) mass is 865 g/mol. The van der Waals surface area contributed by atoms with Gasteiger partial charge in [0, 0.05) is 42.6 Å². The van der Waals surface area contributed by atoms with Gasteiger partial charge in [0.1, 0.15) is 35.6 Å². The second kappa shape index (κ2) is 14.7. The van der Waals surface area contributed by atoms with Crippen LogP contribution in [0.4, 0.5) is 42.5 Å². The number of rotatable bonds is 6. The number of benzene rings is 2. The molecule has 4 fully saturated rings. The van der Waals surface area contributed by atoms with Gasteiger partial charge in [-0.25, -0.2) is 23.4 Å². The third kappa shape index (κ3) is 8.03. The number of hydrogen-bond acceptors (Lipinski definition) is 11. The second-order valence-electron chi connectivity index (χ2n) is 17.8. The first-order chi connectivity index (χ1) is 27.6. The quantitative estimate of drug-likeness (QED) is 0.188. The minimum Gasteiger partial charge on any atom is -0.461 e. The van der Waals surface area contributed by atoms with E-state index >= 15 is 17.6 Å². The van der Waals surface area contributed by atoms with Crippen molar-refractivity contribution >= 4 is 67.2 Å². The number of hydrogen-bond donors (Lipinski definition) is 1. The molecular formula is C40H45ClF5N7O5S. The molecule has 2 bridgehead atoms. The summed E-state index contributed by atoms with van der Waals surface area (Å²) in [5, 5.41) is 1.92. The number of amides is 2. The Morgan fingerprint density at radius 1 is 0.983 bits per heavy atom. The predicted octanol–water partition coefficient (Wildman–Crippen LogP) is 9.61. The smallest absolute Gasteiger partial charge is 0.417 e. The molecule has 0 spiro atoms. The summed E-state index contributed by atoms with van der Waals surface area (Å²) in [5.74, 6) is -0.644. The Labute approximate surface area is 346 Å². The van der Waals surface area contributed by atoms with Crippen molar-refractivity contribution in [3.63, 3.8) is 0 Å². The fraction of sp³-hybridized carbons (Fsp3) is 0.575. The maximum absolute atomic E-state index is 15.4. The highest BCUT2D eigenvalue weighted by Gasteiger charge is 2.50. The van der Waals surface area contributed by atoms with Crippen molar-refractivity contribution in [2.45, 2.75) is 115 Å². The fourth-order valence-corrected chi connectivity index (χ4v) is 10.2. The van der Waals surface area contributed by atoms with Crippen molar-refractivity contribution in [1.82, 2.24) is 24.8 Å². The molecule has 4 aliphatic heterocycles. The molecular weight excluding hydrogens is 821 g/mol. The summed E-state index contributed by atoms with van der Waals surface area (Å²) < 4.78 is 93.3. The SMILES string of the molecule is CC(C)(C)OC(=O)Nc1nc2c(-c3c(C(F)(F)F)cc4c(N5CC6CCC(C5)N6C(=O)OC(C)(C)C)nc(OC[C@@]56CCCN5C[C@H](F)C6)nc4c3Cl)ccc(F)c2s1. The lowest BCUT2D eigenvalue weighted by molar-refractivity contribution is -0.137. The van der Waals surface area contributed by atoms with Gasteiger partial charge in [0.05, 0.1) is 43.9 Å². The summed E-state index contributed by atoms with van der Waals surface area (Å²) in [6.07, 6.45) is -4.24. The number of aromatic nitrogens is 3. The number of piperazine rings is 1. The zero-order valence-corrected chi connectivity index (χ0v) is 35.0. The largest absolute Gasteiger partial charge is 0.461 e. The van der Waals surface area contributed by atoms with Gasteiger partial charge in [-0.1, -0.05) is 22.9 Å². The second-order valence-corrected chi connectivity index (χ2v) is 19.2. The third-order valence-corrected chi connectivity index (χ3v) is 12.5. The predicted molar refractivity (Wildman–Crippen MR) is 214 cm³/mol. The van der Waals surface area contributed by atoms with Crippen molar-refractivity contribution < 1.29 is 45.8 Å². The minimum absolute atomic E-state index is 0.0159. The molecule has 59 heavy (non-hydrogen) atoms. The summed E-state index contributed by atoms with van der Waals surface area (Å²) in [5.41, 5.74) is -4.22. The Morgan fingerprint density at radius 3 is 2.34 bits per heavy atom. The van der Waals surface area contributed by atoms with E-state index in [1.807, 2.05) is 4.90 Å². The average molecular weight is 866 g/mol. The number of alkyl halides is 4. The summed E-state index contributed by atoms with van der Waals surface area (Å²) >= 11 is 7.83. The standard InChI is InChI=1S/C40H45ClF5N7O5S/c1-37(2,3)57-35(54)50-34-48-30-23(10-11-26(43)31(30)59-34)27-25(40(44,45)46)14-24-29(28(27)41)47-33(56-19-39-12-7-13-52(39)16-20(42)15-39)49-32(24)51-17-21-8-9-22(18-51)53(21)36(55)58-38(4,5)6/h10-11,14,20-22H,7-9,12-13,15-19H2,1-6H3,(H,48,50,54)/t20-,21?,22?,39+/m1/s1. The zero-order chi connectivity index (χ0) is 42.4. The molecule has 318 valence electrons. The van der Waals surface area contributed by atoms with E-state index < -0.39 is 63.2 Å². The first-order valence-corrected chi connectivity index (χ1v) is 20.8. The van der Waals surface area contributed by atoms with Crippen LogP contribution in [0.5, 0.6) is 6.01 Å². The maximum atomic E-state index is 15.4. The van der Waals surface area contributed by atoms with Crippen LogP contribution in [0.25, 0.3) is 32.2 Å². The van der Waals surface area contributed by atoms with Gasteiger partial charge in [0.25, 0.3) is 0 Å². The molecule has 4 atom stereocenters. The van der Waals surface area contributed by atoms with E-state index in [-0.39, 0.29) is 88.4 Å². The number of halogens is 6. The van der Waals surface area contributed by atoms with Crippen molar-refractivity contribution in [2.24, 2.45) is 0 Å². The van der Waals surface area contributed by atoms with E-state index in [1.54, 1.807) is 46.4 Å². The molecule has 4 aromatic rings. The molecule has 0 saturated carbocycles. The Balaban J connectivity index is 1.26. The lowest BCUT2D eigenvalue weighted by Gasteiger charge is -2.42. The first-order valence-electron chi connectivity index (χ1n) is 19.6. The molecule has 8 rings (SSSR count). The molecule has 1 N–H and O–H groups in total. The van der Waals surface area contributed by atoms with Crippen molar-refractivity contribution in [3.05, 3.63) is 34.6 Å². The van der Waals surface area contributed by atoms with Crippen LogP contribution in [0.1, 0.15) is 79.2 Å². The molecule has 4 aliphatic rings. The Morgan fingerprint density at radius 2 is 1.68 bits per heavy atom. The molecule has 4 saturated heterocycles. The molecule has 2 unspecified atom stereocenters. The molecule has 2 aromatic heterocycles. The number of thiazole rings is 1. The Hall–Kier alpha value is -4.29. The number of carbonyl (C=O) groups excluding carboxylic acids is 2. The van der Waals surface area contributed by atoms with Crippen LogP contribution < -0.4 is 15.0 Å². The number of fused-ring (bicyclic) bond motifs is 5. The summed E-state index contributed by atoms with van der Waals surface area (Å²) in [6, 6.07) is 2.31. The third-order valence-electron chi connectivity index (χ3n) is 11.2. The van der Waals surface area contributed by atoms with E-state index in [9.17, 15) is 14.0 Å². The Kier molecular flexibility index (Phi) is 10.3. The highest BCUT2D eigenvalue weighted by atomic mass is 35.5. The number of nitrogens with one attached hydrogen (secondary N) is 1. The lowest BCUT2D eigenvalue weighted by Crippen LogP contribution is -2.57. The Bertz CT molecular complexity index is 2320. The van der Waals surface area contributed by atoms with Crippen LogP contribution >= 0.6 is 22.9 Å². The van der Waals surface area contributed by atoms with E-state index in [0.717, 1.165) is 36.0 Å². The topological polar surface area (TPSA) is 122 Å². The number of nitrogens with zero attached hydrogens (tertiary/aromatic N) is 6. The average Bonchev–Trinajstić information content (AvgIpc) is 3.85. The van der Waals surface area contributed by atoms with Crippen molar-refractivity contribution in [2.75, 3.05) is 43.0 Å². The van der Waals surface area contributed by atoms with Gasteiger partial charge in [-0.15, -0.1) is 0 Å². The molecule has 0 radical (unpaired) electrons. The summed E-state index contributed by atoms with van der Waals surface area (Å²) in [7, 11) is 0. The molecule has 2 aromatic carbocycles. The first kappa shape index (κ1) is 41.4. The van der Waals surface area contributed by atoms with Gasteiger partial charge in [-0.3, -0.25) is 15.1 Å². The highest BCUT2D eigenvalue weighted by Crippen LogP contribution is 2.49. The zero-order valence-electron chi connectivity index (χ0n) is 33.4. The maximum Gasteiger partial charge on any atom is 0.417 e. The summed E-state index contributed by atoms with van der Waals surface area (Å²) in [6.45, 7) is 11.8. The summed E-state index contributed by atoms with van der Waals surface area (Å²) in [4.78, 5) is 45.2. The number of anilines is 2. The molecule has 12 nitrogen and oxygen atoms in total. The van der Waals surface area contributed by atoms with Crippen LogP contribution in [-0.2, 0) is 15.7 Å². The van der Waals surface area contributed by atoms with Gasteiger partial charge in [0.15, 0.2) is 5.13 Å². The van der Waals surface area contributed by atoms with Gasteiger partial charge >= 0.3 is 24.4 Å². The van der Waals surface area contributed by atoms with Crippen LogP contribution in [0.2, 0.25) is 5.02 Å². The van der Waals surface area contributed by atoms with Crippen LogP contribution in [0.3, 0.4) is 0 Å². The van der Waals surface area contributed by atoms with E-state index in [1.165, 1.54) is 0 Å². The van der Waals surface area contributed by atoms with E-state index in [2.05, 4.69) is 20.2 Å². The van der Waals surface area contributed by atoms with E-state index in [4.69, 9.17) is 30.8 Å². The normalized spacial score (nSPS) is 23.6. The molecule has 19 heteroatoms. The van der Waals surface area contributed by atoms with Crippen LogP contribution in [0, 0.1) is 5.82 Å². The molecule has 2 amide bonds. The van der Waals surface area contributed by atoms with Crippen molar-refractivity contribution in [3.8, 4) is 17.1 Å². The minimum atomic E-state index is -4.99. The van der Waals surface area contributed by atoms with Gasteiger partial charge in [0.2, 0.25) is 0 Å². The number of carbonyl (C=O) groups is 2. The fourth-order valence-electron chi connectivity index (χ4n) is 8.94. The van der Waals surface area contributed by atoms with Crippen molar-refractivity contribution in [1.29, 1.82) is 0 Å². The van der Waals surface area contributed by atoms with Crippen LogP contribution in [0.15, 0.2) is 18.2 Å². The van der Waals surface area contributed by atoms with E-state index in [0.29, 0.717) is 25.8 Å². The van der Waals surface area contributed by atoms with Gasteiger partial charge < -0.3 is 19.1 Å². The highest BCUT2D eigenvalue weighted by molar-refractivity contribution is 7.22. The van der Waals surface area contributed by atoms with Crippen LogP contribution in [-0.4, -0.2) is 105 Å². The lowest BCUT2D eigenvalue weighted by atomic mass is 9.95. The van der Waals surface area contributed by atoms with Gasteiger partial charge in [-0.2, -0.15) is 23.1 Å². The molecule has 6 heterocycles. The molecule has 0 aliphatic carbocycles. The van der Waals surface area contributed by atoms with Gasteiger partial charge in [-0.05, 0) is 92.0 Å².